The first-order chi connectivity index (χ1) is 13.5. The van der Waals surface area contributed by atoms with Crippen molar-refractivity contribution < 1.29 is 8.78 Å². The SMILES string of the molecule is Cc1cc2cc3sc4c5cc6cc(F)c(C)cc6cc5sc4c3cc2cc1F. The maximum Gasteiger partial charge on any atom is 0.126 e. The fourth-order valence-electron chi connectivity index (χ4n) is 4.02. The third kappa shape index (κ3) is 2.19. The Labute approximate surface area is 167 Å². The number of benzene rings is 4. The Hall–Kier alpha value is -2.56. The summed E-state index contributed by atoms with van der Waals surface area (Å²) in [4.78, 5) is 0. The lowest BCUT2D eigenvalue weighted by molar-refractivity contribution is 0.620. The van der Waals surface area contributed by atoms with Gasteiger partial charge in [0.1, 0.15) is 11.6 Å². The van der Waals surface area contributed by atoms with Crippen LogP contribution in [0.25, 0.3) is 51.1 Å². The molecular formula is C24H14F2S2. The second kappa shape index (κ2) is 5.49. The first-order valence-corrected chi connectivity index (χ1v) is 10.7. The number of hydrogen-bond donors (Lipinski definition) is 0. The molecule has 6 rings (SSSR count). The van der Waals surface area contributed by atoms with Crippen LogP contribution >= 0.6 is 22.7 Å². The van der Waals surface area contributed by atoms with E-state index in [1.807, 2.05) is 12.1 Å². The third-order valence-corrected chi connectivity index (χ3v) is 8.05. The molecule has 4 aromatic carbocycles. The van der Waals surface area contributed by atoms with E-state index in [0.29, 0.717) is 11.1 Å². The minimum absolute atomic E-state index is 0.168. The van der Waals surface area contributed by atoms with Crippen LogP contribution in [0.1, 0.15) is 11.1 Å². The zero-order valence-electron chi connectivity index (χ0n) is 15.2. The topological polar surface area (TPSA) is 0 Å². The summed E-state index contributed by atoms with van der Waals surface area (Å²) in [7, 11) is 0. The van der Waals surface area contributed by atoms with E-state index in [2.05, 4.69) is 24.3 Å². The van der Waals surface area contributed by atoms with Crippen molar-refractivity contribution in [1.82, 2.24) is 0 Å². The van der Waals surface area contributed by atoms with Crippen LogP contribution in [0.3, 0.4) is 0 Å². The molecule has 0 saturated heterocycles. The molecule has 0 aliphatic rings. The van der Waals surface area contributed by atoms with Gasteiger partial charge in [0.15, 0.2) is 0 Å². The minimum Gasteiger partial charge on any atom is -0.207 e. The minimum atomic E-state index is -0.168. The highest BCUT2D eigenvalue weighted by molar-refractivity contribution is 7.36. The molecule has 0 N–H and O–H groups in total. The van der Waals surface area contributed by atoms with Gasteiger partial charge in [-0.1, -0.05) is 0 Å². The molecule has 136 valence electrons. The van der Waals surface area contributed by atoms with Crippen molar-refractivity contribution in [1.29, 1.82) is 0 Å². The Morgan fingerprint density at radius 3 is 1.36 bits per heavy atom. The van der Waals surface area contributed by atoms with Gasteiger partial charge in [-0.25, -0.2) is 8.78 Å². The molecule has 0 radical (unpaired) electrons. The molecule has 0 saturated carbocycles. The van der Waals surface area contributed by atoms with Crippen LogP contribution in [0.2, 0.25) is 0 Å². The van der Waals surface area contributed by atoms with Crippen molar-refractivity contribution in [3.63, 3.8) is 0 Å². The van der Waals surface area contributed by atoms with Gasteiger partial charge in [-0.15, -0.1) is 22.7 Å². The number of thiophene rings is 2. The first kappa shape index (κ1) is 16.4. The Morgan fingerprint density at radius 1 is 0.536 bits per heavy atom. The van der Waals surface area contributed by atoms with Crippen molar-refractivity contribution >= 4 is 73.8 Å². The van der Waals surface area contributed by atoms with Crippen molar-refractivity contribution in [2.45, 2.75) is 13.8 Å². The second-order valence-corrected chi connectivity index (χ2v) is 9.56. The summed E-state index contributed by atoms with van der Waals surface area (Å²) in [5.41, 5.74) is 1.33. The van der Waals surface area contributed by atoms with Crippen molar-refractivity contribution in [2.75, 3.05) is 0 Å². The van der Waals surface area contributed by atoms with E-state index >= 15 is 0 Å². The zero-order valence-corrected chi connectivity index (χ0v) is 16.8. The van der Waals surface area contributed by atoms with E-state index < -0.39 is 0 Å². The summed E-state index contributed by atoms with van der Waals surface area (Å²) < 4.78 is 33.0. The molecule has 6 aromatic rings. The van der Waals surface area contributed by atoms with Gasteiger partial charge in [-0.2, -0.15) is 0 Å². The van der Waals surface area contributed by atoms with E-state index in [0.717, 1.165) is 21.5 Å². The van der Waals surface area contributed by atoms with Crippen LogP contribution in [-0.4, -0.2) is 0 Å². The number of fused-ring (bicyclic) bond motifs is 7. The monoisotopic (exact) mass is 404 g/mol. The number of aryl methyl sites for hydroxylation is 2. The smallest absolute Gasteiger partial charge is 0.126 e. The summed E-state index contributed by atoms with van der Waals surface area (Å²) in [5.74, 6) is -0.336. The first-order valence-electron chi connectivity index (χ1n) is 9.06. The highest BCUT2D eigenvalue weighted by Gasteiger charge is 2.15. The average molecular weight is 405 g/mol. The molecule has 0 fully saturated rings. The fourth-order valence-corrected chi connectivity index (χ4v) is 6.72. The largest absolute Gasteiger partial charge is 0.207 e. The molecule has 0 aliphatic heterocycles. The van der Waals surface area contributed by atoms with Gasteiger partial charge in [0.05, 0.1) is 9.40 Å². The highest BCUT2D eigenvalue weighted by Crippen LogP contribution is 2.46. The van der Waals surface area contributed by atoms with Gasteiger partial charge in [-0.05, 0) is 95.1 Å². The van der Waals surface area contributed by atoms with Crippen LogP contribution < -0.4 is 0 Å². The van der Waals surface area contributed by atoms with Crippen molar-refractivity contribution in [3.8, 4) is 0 Å². The Morgan fingerprint density at radius 2 is 0.929 bits per heavy atom. The molecule has 0 atom stereocenters. The van der Waals surface area contributed by atoms with Crippen molar-refractivity contribution in [2.24, 2.45) is 0 Å². The predicted molar refractivity (Wildman–Crippen MR) is 119 cm³/mol. The van der Waals surface area contributed by atoms with Gasteiger partial charge in [0, 0.05) is 20.2 Å². The predicted octanol–water partition coefficient (Wildman–Crippen LogP) is 8.47. The Bertz CT molecular complexity index is 1480. The van der Waals surface area contributed by atoms with Crippen LogP contribution in [0.4, 0.5) is 8.78 Å². The lowest BCUT2D eigenvalue weighted by Crippen LogP contribution is -1.82. The van der Waals surface area contributed by atoms with E-state index in [4.69, 9.17) is 0 Å². The third-order valence-electron chi connectivity index (χ3n) is 5.55. The van der Waals surface area contributed by atoms with Crippen LogP contribution in [0, 0.1) is 25.5 Å². The van der Waals surface area contributed by atoms with Gasteiger partial charge in [-0.3, -0.25) is 0 Å². The average Bonchev–Trinajstić information content (AvgIpc) is 3.16. The number of rotatable bonds is 0. The lowest BCUT2D eigenvalue weighted by atomic mass is 10.0. The maximum absolute atomic E-state index is 14.1. The van der Waals surface area contributed by atoms with Crippen LogP contribution in [0.15, 0.2) is 48.5 Å². The number of hydrogen-bond acceptors (Lipinski definition) is 2. The van der Waals surface area contributed by atoms with Gasteiger partial charge in [0.2, 0.25) is 0 Å². The highest BCUT2D eigenvalue weighted by atomic mass is 32.1. The molecule has 0 bridgehead atoms. The molecular weight excluding hydrogens is 390 g/mol. The molecule has 4 heteroatoms. The van der Waals surface area contributed by atoms with Gasteiger partial charge < -0.3 is 0 Å². The summed E-state index contributed by atoms with van der Waals surface area (Å²) in [6.07, 6.45) is 0. The normalized spacial score (nSPS) is 12.3. The molecule has 0 nitrogen and oxygen atoms in total. The summed E-state index contributed by atoms with van der Waals surface area (Å²) in [5, 5.41) is 6.32. The number of halogens is 2. The van der Waals surface area contributed by atoms with Gasteiger partial charge >= 0.3 is 0 Å². The molecule has 0 amide bonds. The van der Waals surface area contributed by atoms with E-state index in [-0.39, 0.29) is 11.6 Å². The lowest BCUT2D eigenvalue weighted by Gasteiger charge is -2.03. The summed E-state index contributed by atoms with van der Waals surface area (Å²) >= 11 is 3.52. The summed E-state index contributed by atoms with van der Waals surface area (Å²) in [6, 6.07) is 15.6. The quantitative estimate of drug-likeness (QED) is 0.238. The molecule has 28 heavy (non-hydrogen) atoms. The standard InChI is InChI=1S/C24H14F2S2/c1-11-3-13-9-21-17(5-15(13)7-19(11)25)23-24(27-21)18-6-16-8-20(26)12(2)4-14(16)10-22(18)28-23/h3-10H,1-2H3. The molecule has 0 aliphatic carbocycles. The van der Waals surface area contributed by atoms with Gasteiger partial charge in [0.25, 0.3) is 0 Å². The zero-order chi connectivity index (χ0) is 19.2. The molecule has 0 unspecified atom stereocenters. The fraction of sp³-hybridized carbons (Fsp3) is 0.0833. The second-order valence-electron chi connectivity index (χ2n) is 7.46. The molecule has 2 heterocycles. The van der Waals surface area contributed by atoms with Crippen molar-refractivity contribution in [3.05, 3.63) is 71.3 Å². The van der Waals surface area contributed by atoms with Crippen LogP contribution in [0.5, 0.6) is 0 Å². The van der Waals surface area contributed by atoms with E-state index in [1.165, 1.54) is 29.6 Å². The van der Waals surface area contributed by atoms with Crippen LogP contribution in [-0.2, 0) is 0 Å². The molecule has 0 spiro atoms. The van der Waals surface area contributed by atoms with E-state index in [1.54, 1.807) is 48.7 Å². The summed E-state index contributed by atoms with van der Waals surface area (Å²) in [6.45, 7) is 3.59. The van der Waals surface area contributed by atoms with E-state index in [9.17, 15) is 8.78 Å². The maximum atomic E-state index is 14.1. The Kier molecular flexibility index (Phi) is 3.22. The molecule has 2 aromatic heterocycles. The Balaban J connectivity index is 1.73.